The van der Waals surface area contributed by atoms with Gasteiger partial charge in [-0.1, -0.05) is 32.6 Å². The van der Waals surface area contributed by atoms with Crippen molar-refractivity contribution in [1.82, 2.24) is 20.1 Å². The first-order valence-corrected chi connectivity index (χ1v) is 11.7. The minimum atomic E-state index is -0.159. The summed E-state index contributed by atoms with van der Waals surface area (Å²) in [4.78, 5) is 33.7. The van der Waals surface area contributed by atoms with Gasteiger partial charge in [0, 0.05) is 37.3 Å². The van der Waals surface area contributed by atoms with E-state index in [-0.39, 0.29) is 17.9 Å². The van der Waals surface area contributed by atoms with Crippen LogP contribution in [0.2, 0.25) is 0 Å². The quantitative estimate of drug-likeness (QED) is 0.738. The van der Waals surface area contributed by atoms with Crippen LogP contribution in [-0.4, -0.2) is 65.4 Å². The van der Waals surface area contributed by atoms with Crippen LogP contribution >= 0.6 is 0 Å². The van der Waals surface area contributed by atoms with Crippen LogP contribution in [0.5, 0.6) is 0 Å². The highest BCUT2D eigenvalue weighted by molar-refractivity contribution is 5.92. The predicted molar refractivity (Wildman–Crippen MR) is 122 cm³/mol. The summed E-state index contributed by atoms with van der Waals surface area (Å²) in [5.41, 5.74) is 1.23. The topological polar surface area (TPSA) is 65.5 Å². The highest BCUT2D eigenvalue weighted by Gasteiger charge is 2.27. The van der Waals surface area contributed by atoms with Gasteiger partial charge in [-0.2, -0.15) is 0 Å². The molecule has 2 aliphatic heterocycles. The number of nitrogens with one attached hydrogen (secondary N) is 1. The minimum absolute atomic E-state index is 0.0831. The smallest absolute Gasteiger partial charge is 0.270 e. The van der Waals surface area contributed by atoms with Crippen molar-refractivity contribution in [3.8, 4) is 11.8 Å². The molecule has 1 aromatic rings. The first-order chi connectivity index (χ1) is 15.0. The van der Waals surface area contributed by atoms with Gasteiger partial charge in [0.1, 0.15) is 5.69 Å². The second kappa shape index (κ2) is 11.3. The number of likely N-dealkylation sites (tertiary alicyclic amines) is 2. The molecule has 168 valence electrons. The maximum Gasteiger partial charge on any atom is 0.270 e. The molecular weight excluding hydrogens is 388 g/mol. The van der Waals surface area contributed by atoms with Gasteiger partial charge < -0.3 is 10.2 Å². The van der Waals surface area contributed by atoms with Crippen LogP contribution in [-0.2, 0) is 4.79 Å². The summed E-state index contributed by atoms with van der Waals surface area (Å²) in [6.45, 7) is 10.6. The van der Waals surface area contributed by atoms with Crippen LogP contribution in [0.15, 0.2) is 18.3 Å². The van der Waals surface area contributed by atoms with E-state index in [0.717, 1.165) is 49.8 Å². The number of pyridine rings is 1. The lowest BCUT2D eigenvalue weighted by molar-refractivity contribution is -0.133. The first kappa shape index (κ1) is 23.3. The van der Waals surface area contributed by atoms with Gasteiger partial charge in [-0.25, -0.2) is 4.98 Å². The zero-order valence-corrected chi connectivity index (χ0v) is 19.2. The Balaban J connectivity index is 1.40. The van der Waals surface area contributed by atoms with Crippen LogP contribution < -0.4 is 5.32 Å². The van der Waals surface area contributed by atoms with Gasteiger partial charge in [0.15, 0.2) is 0 Å². The lowest BCUT2D eigenvalue weighted by Gasteiger charge is -2.36. The maximum absolute atomic E-state index is 12.7. The molecule has 6 heteroatoms. The summed E-state index contributed by atoms with van der Waals surface area (Å²) in [7, 11) is 0. The normalized spacial score (nSPS) is 18.5. The van der Waals surface area contributed by atoms with E-state index in [9.17, 15) is 9.59 Å². The number of rotatable bonds is 5. The summed E-state index contributed by atoms with van der Waals surface area (Å²) in [6.07, 6.45) is 6.39. The van der Waals surface area contributed by atoms with E-state index in [0.29, 0.717) is 25.3 Å². The van der Waals surface area contributed by atoms with Crippen molar-refractivity contribution in [2.24, 2.45) is 11.8 Å². The average Bonchev–Trinajstić information content (AvgIpc) is 2.78. The molecule has 0 atom stereocenters. The zero-order valence-electron chi connectivity index (χ0n) is 19.2. The third-order valence-electron chi connectivity index (χ3n) is 6.52. The third kappa shape index (κ3) is 6.80. The standard InChI is InChI=1S/C25H36N4O2/c1-4-5-6-20-7-8-23(26-17-20)25(31)27-22-11-15-29(16-12-22)24(30)18-28-13-9-21(10-14-28)19(2)3/h7-8,17,19,21-22H,4,9-16,18H2,1-3H3,(H,27,31). The molecule has 2 amide bonds. The minimum Gasteiger partial charge on any atom is -0.348 e. The number of carbonyl (C=O) groups excluding carboxylic acids is 2. The van der Waals surface area contributed by atoms with Crippen molar-refractivity contribution < 1.29 is 9.59 Å². The number of aromatic nitrogens is 1. The van der Waals surface area contributed by atoms with Gasteiger partial charge in [0.25, 0.3) is 5.91 Å². The third-order valence-corrected chi connectivity index (χ3v) is 6.52. The Bertz CT molecular complexity index is 793. The molecule has 2 fully saturated rings. The fourth-order valence-corrected chi connectivity index (χ4v) is 4.39. The number of nitrogens with zero attached hydrogens (tertiary/aromatic N) is 3. The molecule has 3 rings (SSSR count). The number of carbonyl (C=O) groups is 2. The summed E-state index contributed by atoms with van der Waals surface area (Å²) < 4.78 is 0. The molecule has 0 radical (unpaired) electrons. The Morgan fingerprint density at radius 3 is 2.42 bits per heavy atom. The largest absolute Gasteiger partial charge is 0.348 e. The molecule has 2 aliphatic rings. The van der Waals surface area contributed by atoms with Crippen molar-refractivity contribution >= 4 is 11.8 Å². The fraction of sp³-hybridized carbons (Fsp3) is 0.640. The Kier molecular flexibility index (Phi) is 8.48. The first-order valence-electron chi connectivity index (χ1n) is 11.7. The van der Waals surface area contributed by atoms with Crippen molar-refractivity contribution in [3.05, 3.63) is 29.6 Å². The highest BCUT2D eigenvalue weighted by Crippen LogP contribution is 2.24. The molecule has 3 heterocycles. The molecule has 0 aliphatic carbocycles. The predicted octanol–water partition coefficient (Wildman–Crippen LogP) is 2.93. The molecule has 31 heavy (non-hydrogen) atoms. The Morgan fingerprint density at radius 2 is 1.84 bits per heavy atom. The number of hydrogen-bond donors (Lipinski definition) is 1. The van der Waals surface area contributed by atoms with E-state index in [1.165, 1.54) is 12.8 Å². The van der Waals surface area contributed by atoms with E-state index < -0.39 is 0 Å². The van der Waals surface area contributed by atoms with E-state index in [2.05, 4.69) is 40.9 Å². The van der Waals surface area contributed by atoms with Crippen LogP contribution in [0.1, 0.15) is 68.9 Å². The van der Waals surface area contributed by atoms with Gasteiger partial charge in [0.05, 0.1) is 6.54 Å². The molecule has 2 saturated heterocycles. The summed E-state index contributed by atoms with van der Waals surface area (Å²) in [5, 5.41) is 3.07. The van der Waals surface area contributed by atoms with Crippen molar-refractivity contribution in [3.63, 3.8) is 0 Å². The monoisotopic (exact) mass is 424 g/mol. The van der Waals surface area contributed by atoms with Gasteiger partial charge in [-0.15, -0.1) is 0 Å². The van der Waals surface area contributed by atoms with Gasteiger partial charge in [-0.05, 0) is 62.7 Å². The van der Waals surface area contributed by atoms with E-state index in [1.807, 2.05) is 17.9 Å². The van der Waals surface area contributed by atoms with Gasteiger partial charge >= 0.3 is 0 Å². The Labute approximate surface area is 186 Å². The fourth-order valence-electron chi connectivity index (χ4n) is 4.39. The van der Waals surface area contributed by atoms with Crippen LogP contribution in [0.25, 0.3) is 0 Å². The second-order valence-electron chi connectivity index (χ2n) is 9.07. The molecule has 0 aromatic carbocycles. The number of amides is 2. The van der Waals surface area contributed by atoms with Crippen molar-refractivity contribution in [1.29, 1.82) is 0 Å². The Hall–Kier alpha value is -2.39. The summed E-state index contributed by atoms with van der Waals surface area (Å²) in [6, 6.07) is 3.63. The van der Waals surface area contributed by atoms with Crippen molar-refractivity contribution in [2.75, 3.05) is 32.7 Å². The van der Waals surface area contributed by atoms with Gasteiger partial charge in [-0.3, -0.25) is 14.5 Å². The maximum atomic E-state index is 12.7. The molecule has 1 aromatic heterocycles. The van der Waals surface area contributed by atoms with Crippen LogP contribution in [0, 0.1) is 23.7 Å². The number of hydrogen-bond acceptors (Lipinski definition) is 4. The highest BCUT2D eigenvalue weighted by atomic mass is 16.2. The summed E-state index contributed by atoms with van der Waals surface area (Å²) >= 11 is 0. The molecular formula is C25H36N4O2. The Morgan fingerprint density at radius 1 is 1.13 bits per heavy atom. The second-order valence-corrected chi connectivity index (χ2v) is 9.07. The van der Waals surface area contributed by atoms with Crippen LogP contribution in [0.3, 0.4) is 0 Å². The lowest BCUT2D eigenvalue weighted by Crippen LogP contribution is -2.50. The van der Waals surface area contributed by atoms with Gasteiger partial charge in [0.2, 0.25) is 5.91 Å². The molecule has 0 bridgehead atoms. The van der Waals surface area contributed by atoms with Crippen molar-refractivity contribution in [2.45, 2.75) is 58.9 Å². The van der Waals surface area contributed by atoms with E-state index >= 15 is 0 Å². The SMILES string of the molecule is CCC#Cc1ccc(C(=O)NC2CCN(C(=O)CN3CCC(C(C)C)CC3)CC2)nc1. The number of piperidine rings is 2. The molecule has 1 N–H and O–H groups in total. The molecule has 0 saturated carbocycles. The average molecular weight is 425 g/mol. The molecule has 0 spiro atoms. The lowest BCUT2D eigenvalue weighted by atomic mass is 9.87. The molecule has 6 nitrogen and oxygen atoms in total. The summed E-state index contributed by atoms with van der Waals surface area (Å²) in [5.74, 6) is 7.59. The molecule has 0 unspecified atom stereocenters. The van der Waals surface area contributed by atoms with Crippen LogP contribution in [0.4, 0.5) is 0 Å². The van der Waals surface area contributed by atoms with E-state index in [1.54, 1.807) is 12.3 Å². The zero-order chi connectivity index (χ0) is 22.2. The van der Waals surface area contributed by atoms with E-state index in [4.69, 9.17) is 0 Å².